The number of nitrogens with one attached hydrogen (secondary N) is 1. The second-order valence-electron chi connectivity index (χ2n) is 8.23. The van der Waals surface area contributed by atoms with Crippen LogP contribution in [0.3, 0.4) is 0 Å². The van der Waals surface area contributed by atoms with E-state index in [0.29, 0.717) is 31.9 Å². The minimum atomic E-state index is -0.755. The van der Waals surface area contributed by atoms with Crippen molar-refractivity contribution in [1.82, 2.24) is 19.9 Å². The minimum absolute atomic E-state index is 0.0283. The number of pyridine rings is 1. The fourth-order valence-corrected chi connectivity index (χ4v) is 3.97. The van der Waals surface area contributed by atoms with Crippen LogP contribution in [0.4, 0.5) is 14.7 Å². The number of aromatic nitrogens is 3. The van der Waals surface area contributed by atoms with Crippen molar-refractivity contribution in [3.63, 3.8) is 0 Å². The van der Waals surface area contributed by atoms with E-state index in [-0.39, 0.29) is 23.4 Å². The molecule has 0 spiro atoms. The molecule has 1 aliphatic heterocycles. The molecule has 3 heterocycles. The Morgan fingerprint density at radius 3 is 2.44 bits per heavy atom. The monoisotopic (exact) mass is 437 g/mol. The van der Waals surface area contributed by atoms with Crippen molar-refractivity contribution in [1.29, 1.82) is 0 Å². The summed E-state index contributed by atoms with van der Waals surface area (Å²) in [4.78, 5) is 28.1. The van der Waals surface area contributed by atoms with Gasteiger partial charge in [-0.15, -0.1) is 0 Å². The lowest BCUT2D eigenvalue weighted by Gasteiger charge is -2.32. The average Bonchev–Trinajstić information content (AvgIpc) is 2.78. The maximum Gasteiger partial charge on any atom is 0.254 e. The Morgan fingerprint density at radius 2 is 1.81 bits per heavy atom. The third kappa shape index (κ3) is 4.90. The van der Waals surface area contributed by atoms with Crippen molar-refractivity contribution in [2.45, 2.75) is 38.6 Å². The number of halogens is 2. The Bertz CT molecular complexity index is 1080. The van der Waals surface area contributed by atoms with Crippen LogP contribution in [0, 0.1) is 11.6 Å². The van der Waals surface area contributed by atoms with Gasteiger partial charge in [-0.2, -0.15) is 0 Å². The van der Waals surface area contributed by atoms with Crippen LogP contribution in [0.25, 0.3) is 11.3 Å². The molecule has 0 unspecified atom stereocenters. The maximum atomic E-state index is 13.5. The Morgan fingerprint density at radius 1 is 1.09 bits per heavy atom. The second-order valence-corrected chi connectivity index (χ2v) is 8.23. The lowest BCUT2D eigenvalue weighted by Crippen LogP contribution is -2.38. The Labute approximate surface area is 185 Å². The van der Waals surface area contributed by atoms with Gasteiger partial charge in [0.15, 0.2) is 0 Å². The molecule has 8 heteroatoms. The number of piperidine rings is 1. The highest BCUT2D eigenvalue weighted by Gasteiger charge is 2.28. The van der Waals surface area contributed by atoms with Gasteiger partial charge in [0.05, 0.1) is 11.4 Å². The smallest absolute Gasteiger partial charge is 0.254 e. The molecule has 6 nitrogen and oxygen atoms in total. The summed E-state index contributed by atoms with van der Waals surface area (Å²) in [6.07, 6.45) is 4.89. The van der Waals surface area contributed by atoms with E-state index in [2.05, 4.69) is 15.3 Å². The maximum absolute atomic E-state index is 13.5. The number of hydrogen-bond donors (Lipinski definition) is 1. The number of benzene rings is 1. The standard InChI is InChI=1S/C24H25F2N5O/c1-15(2)29-24-28-14-20(21-5-3-4-8-27-21)22(30-24)16-6-9-31(10-7-16)23(32)17-11-18(25)13-19(26)12-17/h3-5,8,11-16H,6-7,9-10H2,1-2H3,(H,28,29,30). The zero-order valence-corrected chi connectivity index (χ0v) is 18.1. The molecule has 2 aromatic heterocycles. The van der Waals surface area contributed by atoms with Crippen molar-refractivity contribution in [3.05, 3.63) is 71.7 Å². The second kappa shape index (κ2) is 9.38. The Kier molecular flexibility index (Phi) is 6.39. The first-order chi connectivity index (χ1) is 15.4. The van der Waals surface area contributed by atoms with Crippen LogP contribution in [-0.4, -0.2) is 44.9 Å². The first kappa shape index (κ1) is 21.8. The van der Waals surface area contributed by atoms with E-state index in [9.17, 15) is 13.6 Å². The predicted octanol–water partition coefficient (Wildman–Crippen LogP) is 4.66. The number of nitrogens with zero attached hydrogens (tertiary/aromatic N) is 4. The summed E-state index contributed by atoms with van der Waals surface area (Å²) >= 11 is 0. The van der Waals surface area contributed by atoms with Gasteiger partial charge < -0.3 is 10.2 Å². The summed E-state index contributed by atoms with van der Waals surface area (Å²) in [5, 5.41) is 3.24. The normalized spacial score (nSPS) is 14.6. The Hall–Kier alpha value is -3.42. The van der Waals surface area contributed by atoms with Crippen LogP contribution in [0.2, 0.25) is 0 Å². The third-order valence-electron chi connectivity index (χ3n) is 5.46. The first-order valence-electron chi connectivity index (χ1n) is 10.7. The van der Waals surface area contributed by atoms with E-state index < -0.39 is 11.6 Å². The third-order valence-corrected chi connectivity index (χ3v) is 5.46. The molecule has 166 valence electrons. The van der Waals surface area contributed by atoms with E-state index >= 15 is 0 Å². The zero-order chi connectivity index (χ0) is 22.7. The van der Waals surface area contributed by atoms with E-state index in [1.807, 2.05) is 32.0 Å². The lowest BCUT2D eigenvalue weighted by atomic mass is 9.89. The van der Waals surface area contributed by atoms with Crippen molar-refractivity contribution in [2.75, 3.05) is 18.4 Å². The van der Waals surface area contributed by atoms with E-state index in [1.54, 1.807) is 17.3 Å². The quantitative estimate of drug-likeness (QED) is 0.629. The first-order valence-corrected chi connectivity index (χ1v) is 10.7. The number of anilines is 1. The molecule has 0 saturated carbocycles. The van der Waals surface area contributed by atoms with Crippen LogP contribution in [0.5, 0.6) is 0 Å². The molecule has 1 amide bonds. The van der Waals surface area contributed by atoms with Gasteiger partial charge in [0, 0.05) is 54.6 Å². The van der Waals surface area contributed by atoms with Gasteiger partial charge in [-0.3, -0.25) is 9.78 Å². The number of rotatable bonds is 5. The molecular weight excluding hydrogens is 412 g/mol. The molecule has 0 aliphatic carbocycles. The fraction of sp³-hybridized carbons (Fsp3) is 0.333. The summed E-state index contributed by atoms with van der Waals surface area (Å²) in [5.41, 5.74) is 2.59. The number of amides is 1. The molecule has 0 radical (unpaired) electrons. The van der Waals surface area contributed by atoms with Crippen molar-refractivity contribution < 1.29 is 13.6 Å². The highest BCUT2D eigenvalue weighted by molar-refractivity contribution is 5.94. The number of carbonyl (C=O) groups excluding carboxylic acids is 1. The molecule has 1 N–H and O–H groups in total. The summed E-state index contributed by atoms with van der Waals surface area (Å²) in [5.74, 6) is -1.21. The molecule has 3 aromatic rings. The number of likely N-dealkylation sites (tertiary alicyclic amines) is 1. The lowest BCUT2D eigenvalue weighted by molar-refractivity contribution is 0.0711. The molecule has 4 rings (SSSR count). The molecule has 1 aromatic carbocycles. The minimum Gasteiger partial charge on any atom is -0.352 e. The number of carbonyl (C=O) groups is 1. The molecule has 1 fully saturated rings. The van der Waals surface area contributed by atoms with Gasteiger partial charge in [0.2, 0.25) is 5.95 Å². The van der Waals surface area contributed by atoms with Crippen LogP contribution < -0.4 is 5.32 Å². The van der Waals surface area contributed by atoms with Crippen molar-refractivity contribution in [2.24, 2.45) is 0 Å². The largest absolute Gasteiger partial charge is 0.352 e. The SMILES string of the molecule is CC(C)Nc1ncc(-c2ccccn2)c(C2CCN(C(=O)c3cc(F)cc(F)c3)CC2)n1. The van der Waals surface area contributed by atoms with Crippen molar-refractivity contribution >= 4 is 11.9 Å². The number of hydrogen-bond acceptors (Lipinski definition) is 5. The summed E-state index contributed by atoms with van der Waals surface area (Å²) in [6.45, 7) is 4.99. The molecule has 0 atom stereocenters. The van der Waals surface area contributed by atoms with Crippen LogP contribution in [0.15, 0.2) is 48.8 Å². The summed E-state index contributed by atoms with van der Waals surface area (Å²) in [7, 11) is 0. The van der Waals surface area contributed by atoms with Gasteiger partial charge in [-0.05, 0) is 51.0 Å². The molecular formula is C24H25F2N5O. The van der Waals surface area contributed by atoms with E-state index in [0.717, 1.165) is 35.2 Å². The summed E-state index contributed by atoms with van der Waals surface area (Å²) in [6, 6.07) is 8.81. The van der Waals surface area contributed by atoms with E-state index in [4.69, 9.17) is 4.98 Å². The van der Waals surface area contributed by atoms with Gasteiger partial charge >= 0.3 is 0 Å². The summed E-state index contributed by atoms with van der Waals surface area (Å²) < 4.78 is 27.1. The van der Waals surface area contributed by atoms with Crippen LogP contribution >= 0.6 is 0 Å². The highest BCUT2D eigenvalue weighted by atomic mass is 19.1. The molecule has 0 bridgehead atoms. The predicted molar refractivity (Wildman–Crippen MR) is 118 cm³/mol. The molecule has 32 heavy (non-hydrogen) atoms. The van der Waals surface area contributed by atoms with Crippen LogP contribution in [0.1, 0.15) is 48.7 Å². The van der Waals surface area contributed by atoms with Gasteiger partial charge in [0.1, 0.15) is 11.6 Å². The topological polar surface area (TPSA) is 71.0 Å². The van der Waals surface area contributed by atoms with Gasteiger partial charge in [-0.1, -0.05) is 6.07 Å². The van der Waals surface area contributed by atoms with Gasteiger partial charge in [-0.25, -0.2) is 18.7 Å². The molecule has 1 saturated heterocycles. The van der Waals surface area contributed by atoms with Crippen LogP contribution in [-0.2, 0) is 0 Å². The van der Waals surface area contributed by atoms with E-state index in [1.165, 1.54) is 0 Å². The van der Waals surface area contributed by atoms with Gasteiger partial charge in [0.25, 0.3) is 5.91 Å². The zero-order valence-electron chi connectivity index (χ0n) is 18.1. The fourth-order valence-electron chi connectivity index (χ4n) is 3.97. The van der Waals surface area contributed by atoms with Crippen molar-refractivity contribution in [3.8, 4) is 11.3 Å². The molecule has 1 aliphatic rings. The average molecular weight is 437 g/mol. The Balaban J connectivity index is 1.56. The highest BCUT2D eigenvalue weighted by Crippen LogP contribution is 2.34.